The summed E-state index contributed by atoms with van der Waals surface area (Å²) in [5.74, 6) is 0.348. The van der Waals surface area contributed by atoms with E-state index in [-0.39, 0.29) is 28.7 Å². The number of nitrogens with two attached hydrogens (primary N) is 1. The Bertz CT molecular complexity index is 1220. The minimum Gasteiger partial charge on any atom is -0.427 e. The van der Waals surface area contributed by atoms with Crippen molar-refractivity contribution in [2.75, 3.05) is 10.2 Å². The molecule has 2 heterocycles. The van der Waals surface area contributed by atoms with Gasteiger partial charge in [0.05, 0.1) is 22.5 Å². The topological polar surface area (TPSA) is 127 Å². The second-order valence-electron chi connectivity index (χ2n) is 6.67. The van der Waals surface area contributed by atoms with E-state index in [1.165, 1.54) is 18.7 Å². The van der Waals surface area contributed by atoms with Crippen molar-refractivity contribution in [2.45, 2.75) is 13.3 Å². The molecule has 156 valence electrons. The van der Waals surface area contributed by atoms with Gasteiger partial charge in [-0.15, -0.1) is 0 Å². The van der Waals surface area contributed by atoms with Gasteiger partial charge in [0, 0.05) is 23.9 Å². The lowest BCUT2D eigenvalue weighted by atomic mass is 10.1. The van der Waals surface area contributed by atoms with Crippen LogP contribution in [0.5, 0.6) is 0 Å². The van der Waals surface area contributed by atoms with E-state index >= 15 is 0 Å². The van der Waals surface area contributed by atoms with Gasteiger partial charge < -0.3 is 15.5 Å². The number of carbonyl (C=O) groups excluding carboxylic acids is 2. The highest BCUT2D eigenvalue weighted by atomic mass is 35.5. The quantitative estimate of drug-likeness (QED) is 0.596. The first-order valence-corrected chi connectivity index (χ1v) is 9.60. The van der Waals surface area contributed by atoms with Crippen LogP contribution < -0.4 is 16.0 Å². The van der Waals surface area contributed by atoms with Gasteiger partial charge in [0.1, 0.15) is 5.82 Å². The number of aromatic nitrogens is 3. The molecule has 0 aliphatic heterocycles. The molecular formula is C21H17ClN6O3. The third-order valence-corrected chi connectivity index (χ3v) is 4.82. The van der Waals surface area contributed by atoms with Crippen LogP contribution in [-0.4, -0.2) is 26.6 Å². The number of anilines is 4. The summed E-state index contributed by atoms with van der Waals surface area (Å²) in [6.07, 6.45) is 9.97. The first-order valence-electron chi connectivity index (χ1n) is 9.22. The monoisotopic (exact) mass is 436 g/mol. The molecule has 1 aliphatic carbocycles. The molecule has 2 aromatic heterocycles. The molecule has 10 heteroatoms. The summed E-state index contributed by atoms with van der Waals surface area (Å²) in [7, 11) is 0. The second-order valence-corrected chi connectivity index (χ2v) is 7.07. The molecule has 3 aromatic rings. The molecule has 0 bridgehead atoms. The van der Waals surface area contributed by atoms with Crippen LogP contribution in [0.2, 0.25) is 5.02 Å². The van der Waals surface area contributed by atoms with Gasteiger partial charge in [0.2, 0.25) is 17.7 Å². The summed E-state index contributed by atoms with van der Waals surface area (Å²) in [5.41, 5.74) is 7.18. The zero-order valence-corrected chi connectivity index (χ0v) is 17.1. The number of Topliss-reactive ketones (excluding diaryl/α,β-unsaturated/α-hetero) is 1. The molecule has 31 heavy (non-hydrogen) atoms. The van der Waals surface area contributed by atoms with Crippen LogP contribution in [0.1, 0.15) is 22.3 Å². The van der Waals surface area contributed by atoms with Crippen LogP contribution in [0.4, 0.5) is 23.3 Å². The van der Waals surface area contributed by atoms with Crippen LogP contribution in [0, 0.1) is 6.92 Å². The standard InChI is InChI=1S/C21H17ClN6O3/c1-12-9-25-21(26-13-6-7-14(19(23)30)15(22)8-13)27-20(12)28(18-10-24-11-31-18)16-4-2-3-5-17(16)29/h2-4,6-11H,5H2,1H3,(H2,23,30)(H,25,26,27). The van der Waals surface area contributed by atoms with Crippen LogP contribution in [0.15, 0.2) is 65.3 Å². The number of oxazole rings is 1. The number of aryl methyl sites for hydroxylation is 1. The molecule has 1 amide bonds. The number of nitrogens with zero attached hydrogens (tertiary/aromatic N) is 4. The number of nitrogens with one attached hydrogen (secondary N) is 1. The number of amides is 1. The molecule has 0 saturated carbocycles. The van der Waals surface area contributed by atoms with Crippen LogP contribution in [-0.2, 0) is 4.79 Å². The molecular weight excluding hydrogens is 420 g/mol. The second kappa shape index (κ2) is 8.41. The van der Waals surface area contributed by atoms with Gasteiger partial charge in [-0.25, -0.2) is 9.97 Å². The van der Waals surface area contributed by atoms with Crippen LogP contribution >= 0.6 is 11.6 Å². The predicted molar refractivity (Wildman–Crippen MR) is 116 cm³/mol. The summed E-state index contributed by atoms with van der Waals surface area (Å²) in [4.78, 5) is 38.4. The number of hydrogen-bond donors (Lipinski definition) is 2. The van der Waals surface area contributed by atoms with Crippen molar-refractivity contribution < 1.29 is 14.0 Å². The highest BCUT2D eigenvalue weighted by Gasteiger charge is 2.26. The lowest BCUT2D eigenvalue weighted by Crippen LogP contribution is -2.25. The molecule has 1 aromatic carbocycles. The third-order valence-electron chi connectivity index (χ3n) is 4.51. The van der Waals surface area contributed by atoms with Crippen molar-refractivity contribution in [1.29, 1.82) is 0 Å². The average Bonchev–Trinajstić information content (AvgIpc) is 3.26. The fourth-order valence-corrected chi connectivity index (χ4v) is 3.30. The number of allylic oxidation sites excluding steroid dienone is 4. The summed E-state index contributed by atoms with van der Waals surface area (Å²) < 4.78 is 5.47. The van der Waals surface area contributed by atoms with Crippen molar-refractivity contribution in [3.05, 3.63) is 77.1 Å². The van der Waals surface area contributed by atoms with Crippen LogP contribution in [0.25, 0.3) is 0 Å². The Morgan fingerprint density at radius 3 is 2.84 bits per heavy atom. The average molecular weight is 437 g/mol. The Balaban J connectivity index is 1.73. The summed E-state index contributed by atoms with van der Waals surface area (Å²) >= 11 is 6.12. The minimum absolute atomic E-state index is 0.0831. The minimum atomic E-state index is -0.618. The summed E-state index contributed by atoms with van der Waals surface area (Å²) in [6, 6.07) is 4.71. The van der Waals surface area contributed by atoms with Gasteiger partial charge >= 0.3 is 0 Å². The number of benzene rings is 1. The lowest BCUT2D eigenvalue weighted by Gasteiger charge is -2.25. The van der Waals surface area contributed by atoms with E-state index < -0.39 is 5.91 Å². The number of hydrogen-bond acceptors (Lipinski definition) is 8. The Morgan fingerprint density at radius 1 is 1.32 bits per heavy atom. The maximum atomic E-state index is 12.6. The molecule has 0 spiro atoms. The fraction of sp³-hybridized carbons (Fsp3) is 0.0952. The Kier molecular flexibility index (Phi) is 5.50. The molecule has 0 fully saturated rings. The van der Waals surface area contributed by atoms with Gasteiger partial charge in [-0.1, -0.05) is 23.8 Å². The van der Waals surface area contributed by atoms with E-state index in [0.717, 1.165) is 0 Å². The smallest absolute Gasteiger partial charge is 0.250 e. The van der Waals surface area contributed by atoms with Gasteiger partial charge in [0.15, 0.2) is 12.2 Å². The number of carbonyl (C=O) groups is 2. The number of primary amides is 1. The van der Waals surface area contributed by atoms with E-state index in [9.17, 15) is 9.59 Å². The summed E-state index contributed by atoms with van der Waals surface area (Å²) in [6.45, 7) is 1.82. The van der Waals surface area contributed by atoms with Crippen molar-refractivity contribution in [1.82, 2.24) is 15.0 Å². The lowest BCUT2D eigenvalue weighted by molar-refractivity contribution is -0.114. The van der Waals surface area contributed by atoms with Gasteiger partial charge in [-0.2, -0.15) is 4.98 Å². The maximum Gasteiger partial charge on any atom is 0.250 e. The van der Waals surface area contributed by atoms with Gasteiger partial charge in [-0.3, -0.25) is 14.5 Å². The molecule has 4 rings (SSSR count). The molecule has 3 N–H and O–H groups in total. The highest BCUT2D eigenvalue weighted by Crippen LogP contribution is 2.33. The molecule has 1 aliphatic rings. The van der Waals surface area contributed by atoms with E-state index in [2.05, 4.69) is 20.3 Å². The molecule has 0 radical (unpaired) electrons. The van der Waals surface area contributed by atoms with Crippen molar-refractivity contribution >= 4 is 46.6 Å². The number of rotatable bonds is 6. The van der Waals surface area contributed by atoms with Gasteiger partial charge in [-0.05, 0) is 31.2 Å². The molecule has 0 unspecified atom stereocenters. The van der Waals surface area contributed by atoms with Crippen molar-refractivity contribution in [3.8, 4) is 0 Å². The van der Waals surface area contributed by atoms with E-state index in [4.69, 9.17) is 21.8 Å². The van der Waals surface area contributed by atoms with Crippen LogP contribution in [0.3, 0.4) is 0 Å². The van der Waals surface area contributed by atoms with Gasteiger partial charge in [0.25, 0.3) is 0 Å². The zero-order valence-electron chi connectivity index (χ0n) is 16.4. The Morgan fingerprint density at radius 2 is 2.16 bits per heavy atom. The van der Waals surface area contributed by atoms with E-state index in [0.29, 0.717) is 28.6 Å². The SMILES string of the molecule is Cc1cnc(Nc2ccc(C(N)=O)c(Cl)c2)nc1N(C1=CC=CCC1=O)c1cnco1. The highest BCUT2D eigenvalue weighted by molar-refractivity contribution is 6.34. The molecule has 0 saturated heterocycles. The Hall–Kier alpha value is -3.98. The normalized spacial score (nSPS) is 13.1. The Labute approximate surface area is 182 Å². The first-order chi connectivity index (χ1) is 14.9. The molecule has 0 atom stereocenters. The number of halogens is 1. The third kappa shape index (κ3) is 4.17. The van der Waals surface area contributed by atoms with Crippen molar-refractivity contribution in [3.63, 3.8) is 0 Å². The van der Waals surface area contributed by atoms with Crippen molar-refractivity contribution in [2.24, 2.45) is 5.73 Å². The fourth-order valence-electron chi connectivity index (χ4n) is 3.03. The first kappa shape index (κ1) is 20.3. The predicted octanol–water partition coefficient (Wildman–Crippen LogP) is 3.82. The molecule has 9 nitrogen and oxygen atoms in total. The zero-order chi connectivity index (χ0) is 22.0. The van der Waals surface area contributed by atoms with E-state index in [1.807, 2.05) is 6.92 Å². The maximum absolute atomic E-state index is 12.6. The largest absolute Gasteiger partial charge is 0.427 e. The van der Waals surface area contributed by atoms with E-state index in [1.54, 1.807) is 41.5 Å². The summed E-state index contributed by atoms with van der Waals surface area (Å²) in [5, 5.41) is 3.25. The number of ketones is 1.